The van der Waals surface area contributed by atoms with E-state index in [1.54, 1.807) is 0 Å². The molecule has 1 saturated carbocycles. The fourth-order valence-corrected chi connectivity index (χ4v) is 5.26. The number of rotatable bonds is 8. The van der Waals surface area contributed by atoms with E-state index in [4.69, 9.17) is 15.2 Å². The van der Waals surface area contributed by atoms with Gasteiger partial charge in [0.25, 0.3) is 5.91 Å². The summed E-state index contributed by atoms with van der Waals surface area (Å²) in [6, 6.07) is 4.26. The van der Waals surface area contributed by atoms with Gasteiger partial charge in [-0.25, -0.2) is 27.2 Å². The van der Waals surface area contributed by atoms with Crippen LogP contribution in [0.15, 0.2) is 36.5 Å². The molecule has 0 radical (unpaired) electrons. The smallest absolute Gasteiger partial charge is 0.424 e. The predicted octanol–water partition coefficient (Wildman–Crippen LogP) is 4.26. The number of nitrogens with two attached hydrogens (primary N) is 1. The zero-order chi connectivity index (χ0) is 34.3. The van der Waals surface area contributed by atoms with Crippen LogP contribution in [0, 0.1) is 17.5 Å². The molecule has 0 bridgehead atoms. The molecular formula is C30H24F7N5O5. The molecule has 0 saturated heterocycles. The van der Waals surface area contributed by atoms with Crippen molar-refractivity contribution in [1.29, 1.82) is 0 Å². The average Bonchev–Trinajstić information content (AvgIpc) is 3.45. The Morgan fingerprint density at radius 3 is 2.47 bits per heavy atom. The second-order valence-electron chi connectivity index (χ2n) is 11.6. The summed E-state index contributed by atoms with van der Waals surface area (Å²) in [5, 5.41) is 17.6. The number of benzene rings is 2. The van der Waals surface area contributed by atoms with Crippen LogP contribution < -0.4 is 20.5 Å². The topological polar surface area (TPSA) is 142 Å². The summed E-state index contributed by atoms with van der Waals surface area (Å²) >= 11 is 0. The van der Waals surface area contributed by atoms with Crippen molar-refractivity contribution < 1.29 is 54.9 Å². The Hall–Kier alpha value is -4.93. The maximum absolute atomic E-state index is 14.9. The third kappa shape index (κ3) is 4.99. The van der Waals surface area contributed by atoms with Gasteiger partial charge in [-0.05, 0) is 37.3 Å². The summed E-state index contributed by atoms with van der Waals surface area (Å²) in [5.41, 5.74) is -3.58. The molecule has 248 valence electrons. The van der Waals surface area contributed by atoms with E-state index in [0.717, 1.165) is 10.7 Å². The molecule has 3 heterocycles. The number of carbonyl (C=O) groups excluding carboxylic acids is 2. The number of hydrogen-bond donors (Lipinski definition) is 3. The molecule has 1 fully saturated rings. The van der Waals surface area contributed by atoms with Gasteiger partial charge in [0.15, 0.2) is 17.5 Å². The van der Waals surface area contributed by atoms with Crippen molar-refractivity contribution in [1.82, 2.24) is 20.1 Å². The van der Waals surface area contributed by atoms with E-state index < -0.39 is 88.1 Å². The summed E-state index contributed by atoms with van der Waals surface area (Å²) in [6.07, 6.45) is -3.81. The van der Waals surface area contributed by atoms with Gasteiger partial charge in [-0.2, -0.15) is 18.3 Å². The molecule has 47 heavy (non-hydrogen) atoms. The molecule has 2 aromatic heterocycles. The normalized spacial score (nSPS) is 19.5. The average molecular weight is 668 g/mol. The predicted molar refractivity (Wildman–Crippen MR) is 148 cm³/mol. The number of aromatic nitrogens is 3. The van der Waals surface area contributed by atoms with Crippen LogP contribution in [-0.4, -0.2) is 58.1 Å². The van der Waals surface area contributed by atoms with Crippen LogP contribution in [0.1, 0.15) is 41.4 Å². The van der Waals surface area contributed by atoms with E-state index in [-0.39, 0.29) is 40.6 Å². The fourth-order valence-electron chi connectivity index (χ4n) is 5.26. The van der Waals surface area contributed by atoms with Crippen molar-refractivity contribution in [3.8, 4) is 22.8 Å². The highest BCUT2D eigenvalue weighted by Gasteiger charge is 2.58. The van der Waals surface area contributed by atoms with Gasteiger partial charge in [-0.1, -0.05) is 0 Å². The standard InChI is InChI=1S/C30H24F7N5O5/c1-27(26(38)44)12-47-24-16(27)9-19(40-23(24)15-3-4-17(31)21(33)20(15)32)29(45,30(35,36)37)11-39-25(43)13-7-14-10-42(28(34)5-6-28)41-22(14)18(8-13)46-2/h3-4,7-10,45H,5-6,11-12H2,1-2H3,(H2,38,44)(H,39,43)/t27-,29-/m0/s1. The highest BCUT2D eigenvalue weighted by molar-refractivity contribution is 6.00. The number of primary amides is 1. The molecule has 2 aromatic carbocycles. The van der Waals surface area contributed by atoms with E-state index in [1.807, 2.05) is 5.32 Å². The first kappa shape index (κ1) is 32.0. The van der Waals surface area contributed by atoms with Crippen molar-refractivity contribution in [2.45, 2.75) is 42.8 Å². The number of aliphatic hydroxyl groups is 1. The van der Waals surface area contributed by atoms with Gasteiger partial charge >= 0.3 is 6.18 Å². The highest BCUT2D eigenvalue weighted by atomic mass is 19.4. The van der Waals surface area contributed by atoms with Crippen molar-refractivity contribution >= 4 is 22.7 Å². The molecule has 4 aromatic rings. The van der Waals surface area contributed by atoms with E-state index in [2.05, 4.69) is 10.1 Å². The summed E-state index contributed by atoms with van der Waals surface area (Å²) in [4.78, 5) is 29.3. The molecule has 0 spiro atoms. The number of carbonyl (C=O) groups is 2. The monoisotopic (exact) mass is 667 g/mol. The van der Waals surface area contributed by atoms with Crippen LogP contribution >= 0.6 is 0 Å². The number of alkyl halides is 4. The Balaban J connectivity index is 1.43. The molecule has 0 unspecified atom stereocenters. The van der Waals surface area contributed by atoms with Gasteiger partial charge in [0.2, 0.25) is 17.3 Å². The molecule has 2 aliphatic rings. The van der Waals surface area contributed by atoms with Crippen LogP contribution in [-0.2, 0) is 21.6 Å². The number of nitrogens with one attached hydrogen (secondary N) is 1. The van der Waals surface area contributed by atoms with E-state index in [9.17, 15) is 45.4 Å². The molecule has 1 aliphatic heterocycles. The second-order valence-corrected chi connectivity index (χ2v) is 11.6. The molecule has 17 heteroatoms. The number of ether oxygens (including phenoxy) is 2. The largest absolute Gasteiger partial charge is 0.494 e. The van der Waals surface area contributed by atoms with Gasteiger partial charge in [-0.3, -0.25) is 9.59 Å². The number of hydrogen-bond acceptors (Lipinski definition) is 7. The Labute approximate surface area is 260 Å². The number of pyridine rings is 1. The maximum Gasteiger partial charge on any atom is 0.424 e. The second kappa shape index (κ2) is 10.5. The molecule has 6 rings (SSSR count). The zero-order valence-corrected chi connectivity index (χ0v) is 24.4. The van der Waals surface area contributed by atoms with Gasteiger partial charge in [0.1, 0.15) is 34.7 Å². The van der Waals surface area contributed by atoms with Crippen LogP contribution in [0.5, 0.6) is 11.5 Å². The summed E-state index contributed by atoms with van der Waals surface area (Å²) in [5.74, 6) is -9.71. The van der Waals surface area contributed by atoms with Crippen LogP contribution in [0.25, 0.3) is 22.2 Å². The number of halogens is 7. The lowest BCUT2D eigenvalue weighted by Crippen LogP contribution is -2.51. The Morgan fingerprint density at radius 1 is 1.15 bits per heavy atom. The minimum Gasteiger partial charge on any atom is -0.494 e. The molecule has 4 N–H and O–H groups in total. The first-order chi connectivity index (χ1) is 21.9. The fraction of sp³-hybridized carbons (Fsp3) is 0.333. The van der Waals surface area contributed by atoms with E-state index in [0.29, 0.717) is 18.2 Å². The summed E-state index contributed by atoms with van der Waals surface area (Å²) < 4.78 is 113. The quantitative estimate of drug-likeness (QED) is 0.189. The van der Waals surface area contributed by atoms with Crippen molar-refractivity contribution in [2.24, 2.45) is 5.73 Å². The number of fused-ring (bicyclic) bond motifs is 2. The molecular weight excluding hydrogens is 643 g/mol. The highest BCUT2D eigenvalue weighted by Crippen LogP contribution is 2.49. The molecule has 1 aliphatic carbocycles. The van der Waals surface area contributed by atoms with E-state index >= 15 is 0 Å². The molecule has 2 atom stereocenters. The lowest BCUT2D eigenvalue weighted by Gasteiger charge is -2.31. The zero-order valence-electron chi connectivity index (χ0n) is 24.4. The lowest BCUT2D eigenvalue weighted by molar-refractivity contribution is -0.265. The van der Waals surface area contributed by atoms with Crippen molar-refractivity contribution in [3.05, 3.63) is 70.8 Å². The first-order valence-electron chi connectivity index (χ1n) is 13.9. The van der Waals surface area contributed by atoms with Gasteiger partial charge in [-0.15, -0.1) is 0 Å². The Morgan fingerprint density at radius 2 is 1.85 bits per heavy atom. The summed E-state index contributed by atoms with van der Waals surface area (Å²) in [6.45, 7) is -0.890. The third-order valence-electron chi connectivity index (χ3n) is 8.43. The minimum atomic E-state index is -5.57. The molecule has 2 amide bonds. The maximum atomic E-state index is 14.9. The van der Waals surface area contributed by atoms with E-state index in [1.165, 1.54) is 26.3 Å². The first-order valence-corrected chi connectivity index (χ1v) is 13.9. The number of nitrogens with zero attached hydrogens (tertiary/aromatic N) is 3. The van der Waals surface area contributed by atoms with Crippen LogP contribution in [0.2, 0.25) is 0 Å². The van der Waals surface area contributed by atoms with Crippen LogP contribution in [0.3, 0.4) is 0 Å². The minimum absolute atomic E-state index is 0.0194. The van der Waals surface area contributed by atoms with Crippen molar-refractivity contribution in [2.75, 3.05) is 20.3 Å². The number of methoxy groups -OCH3 is 1. The van der Waals surface area contributed by atoms with Gasteiger partial charge < -0.3 is 25.6 Å². The van der Waals surface area contributed by atoms with Gasteiger partial charge in [0.05, 0.1) is 19.3 Å². The summed E-state index contributed by atoms with van der Waals surface area (Å²) in [7, 11) is 1.25. The third-order valence-corrected chi connectivity index (χ3v) is 8.43. The molecule has 10 nitrogen and oxygen atoms in total. The van der Waals surface area contributed by atoms with Crippen LogP contribution in [0.4, 0.5) is 30.7 Å². The van der Waals surface area contributed by atoms with Gasteiger partial charge in [0, 0.05) is 41.1 Å². The number of amides is 2. The lowest BCUT2D eigenvalue weighted by atomic mass is 9.81. The SMILES string of the molecule is COc1cc(C(=O)NC[C@](O)(c2cc3c(c(-c4ccc(F)c(F)c4F)n2)OC[C@]3(C)C(N)=O)C(F)(F)F)cc2cn(C3(F)CC3)nc12. The van der Waals surface area contributed by atoms with Crippen molar-refractivity contribution in [3.63, 3.8) is 0 Å². The Kier molecular flexibility index (Phi) is 7.19. The Bertz CT molecular complexity index is 1980.